The largest absolute Gasteiger partial charge is 0.504 e. The average molecular weight is 739 g/mol. The molecule has 0 radical (unpaired) electrons. The third kappa shape index (κ3) is 3.77. The van der Waals surface area contributed by atoms with Crippen LogP contribution in [0.1, 0.15) is 29.9 Å². The lowest BCUT2D eigenvalue weighted by Gasteiger charge is -2.50. The summed E-state index contributed by atoms with van der Waals surface area (Å²) in [5, 5.41) is 11.3. The number of phenols is 1. The van der Waals surface area contributed by atoms with E-state index in [-0.39, 0.29) is 41.3 Å². The second kappa shape index (κ2) is 10.2. The second-order valence-corrected chi connectivity index (χ2v) is 13.5. The number of amides is 4. The number of alkyl halides is 3. The first kappa shape index (κ1) is 29.4. The topological polar surface area (TPSA) is 104 Å². The number of benzene rings is 2. The predicted molar refractivity (Wildman–Crippen MR) is 165 cm³/mol. The molecule has 0 aromatic heterocycles. The predicted octanol–water partition coefficient (Wildman–Crippen LogP) is 5.72. The zero-order valence-corrected chi connectivity index (χ0v) is 26.8. The number of hydrogen-bond donors (Lipinski definition) is 1. The van der Waals surface area contributed by atoms with Gasteiger partial charge in [-0.1, -0.05) is 68.3 Å². The maximum absolute atomic E-state index is 14.1. The van der Waals surface area contributed by atoms with Crippen molar-refractivity contribution in [3.8, 4) is 11.5 Å². The van der Waals surface area contributed by atoms with Crippen LogP contribution in [-0.4, -0.2) is 55.9 Å². The summed E-state index contributed by atoms with van der Waals surface area (Å²) in [4.78, 5) is 53.6. The number of fused-ring (bicyclic) bond motifs is 4. The molecule has 8 nitrogen and oxygen atoms in total. The van der Waals surface area contributed by atoms with Crippen LogP contribution in [0.25, 0.3) is 6.08 Å². The Kier molecular flexibility index (Phi) is 7.15. The van der Waals surface area contributed by atoms with Crippen LogP contribution in [-0.2, 0) is 19.2 Å². The van der Waals surface area contributed by atoms with Crippen molar-refractivity contribution >= 4 is 90.5 Å². The summed E-state index contributed by atoms with van der Waals surface area (Å²) >= 11 is 21.1. The lowest BCUT2D eigenvalue weighted by Crippen LogP contribution is -2.60. The van der Waals surface area contributed by atoms with Gasteiger partial charge >= 0.3 is 0 Å². The maximum atomic E-state index is 14.1. The number of methoxy groups -OCH3 is 1. The fourth-order valence-corrected chi connectivity index (χ4v) is 8.95. The van der Waals surface area contributed by atoms with Crippen LogP contribution in [0, 0.1) is 17.8 Å². The standard InChI is InChI=1S/C30H24Br2Cl2N2O6/c1-3-14-4-6-16(7-5-14)36-25(38)18-9-8-17-20(22(18)26(36)39)12-29(33)27(40)35(13-31)28(41)30(29,34)23(17)19-10-15(32)11-21(42-2)24(19)37/h3-8,10-11,18,20,22-23,37H,1,9,12-13H2,2H3/t18-,20+,22-,23+,29+,30-/m0/s1. The van der Waals surface area contributed by atoms with Crippen molar-refractivity contribution in [2.75, 3.05) is 17.5 Å². The number of aromatic hydroxyl groups is 1. The molecule has 42 heavy (non-hydrogen) atoms. The summed E-state index contributed by atoms with van der Waals surface area (Å²) in [5.41, 5.74) is 1.90. The molecule has 1 N–H and O–H groups in total. The van der Waals surface area contributed by atoms with Gasteiger partial charge in [-0.25, -0.2) is 0 Å². The van der Waals surface area contributed by atoms with E-state index in [1.54, 1.807) is 42.5 Å². The molecule has 6 atom stereocenters. The fourth-order valence-electron chi connectivity index (χ4n) is 7.08. The second-order valence-electron chi connectivity index (χ2n) is 10.8. The zero-order valence-electron chi connectivity index (χ0n) is 22.2. The summed E-state index contributed by atoms with van der Waals surface area (Å²) in [7, 11) is 1.39. The summed E-state index contributed by atoms with van der Waals surface area (Å²) in [6, 6.07) is 10.1. The van der Waals surface area contributed by atoms with Gasteiger partial charge in [-0.05, 0) is 48.6 Å². The number of phenolic OH excluding ortho intramolecular Hbond substituents is 1. The van der Waals surface area contributed by atoms with Gasteiger partial charge in [-0.2, -0.15) is 0 Å². The molecule has 2 aliphatic carbocycles. The highest BCUT2D eigenvalue weighted by atomic mass is 79.9. The van der Waals surface area contributed by atoms with Crippen LogP contribution in [0.2, 0.25) is 0 Å². The molecule has 1 saturated carbocycles. The smallest absolute Gasteiger partial charge is 0.254 e. The van der Waals surface area contributed by atoms with Crippen LogP contribution in [0.4, 0.5) is 5.69 Å². The Balaban J connectivity index is 1.54. The quantitative estimate of drug-likeness (QED) is 0.182. The van der Waals surface area contributed by atoms with E-state index in [0.717, 1.165) is 10.5 Å². The molecule has 12 heteroatoms. The average Bonchev–Trinajstić information content (AvgIpc) is 3.31. The summed E-state index contributed by atoms with van der Waals surface area (Å²) in [5.74, 6) is -5.74. The lowest BCUT2D eigenvalue weighted by atomic mass is 9.56. The van der Waals surface area contributed by atoms with Crippen molar-refractivity contribution in [3.63, 3.8) is 0 Å². The molecule has 2 aliphatic heterocycles. The third-order valence-electron chi connectivity index (χ3n) is 9.00. The Morgan fingerprint density at radius 1 is 1.10 bits per heavy atom. The third-order valence-corrected chi connectivity index (χ3v) is 11.4. The number of halogens is 4. The fraction of sp³-hybridized carbons (Fsp3) is 0.333. The van der Waals surface area contributed by atoms with Gasteiger partial charge < -0.3 is 9.84 Å². The van der Waals surface area contributed by atoms with Gasteiger partial charge in [0.2, 0.25) is 11.8 Å². The molecule has 218 valence electrons. The molecule has 0 bridgehead atoms. The van der Waals surface area contributed by atoms with E-state index in [4.69, 9.17) is 27.9 Å². The van der Waals surface area contributed by atoms with E-state index >= 15 is 0 Å². The summed E-state index contributed by atoms with van der Waals surface area (Å²) in [6.45, 7) is 3.74. The summed E-state index contributed by atoms with van der Waals surface area (Å²) in [6.07, 6.45) is 3.53. The van der Waals surface area contributed by atoms with Gasteiger partial charge in [0.15, 0.2) is 21.2 Å². The van der Waals surface area contributed by atoms with Gasteiger partial charge in [-0.3, -0.25) is 29.0 Å². The minimum absolute atomic E-state index is 0.117. The van der Waals surface area contributed by atoms with E-state index in [0.29, 0.717) is 15.7 Å². The van der Waals surface area contributed by atoms with Crippen molar-refractivity contribution in [3.05, 3.63) is 70.2 Å². The highest BCUT2D eigenvalue weighted by Crippen LogP contribution is 2.66. The van der Waals surface area contributed by atoms with E-state index in [1.807, 2.05) is 6.08 Å². The van der Waals surface area contributed by atoms with Crippen LogP contribution < -0.4 is 9.64 Å². The Hall–Kier alpha value is -2.66. The molecule has 0 unspecified atom stereocenters. The van der Waals surface area contributed by atoms with Gasteiger partial charge in [0.05, 0.1) is 30.1 Å². The Morgan fingerprint density at radius 2 is 1.79 bits per heavy atom. The number of carbonyl (C=O) groups is 4. The van der Waals surface area contributed by atoms with Crippen molar-refractivity contribution in [2.45, 2.75) is 28.5 Å². The molecule has 4 aliphatic rings. The Bertz CT molecular complexity index is 1610. The van der Waals surface area contributed by atoms with E-state index < -0.39 is 51.1 Å². The monoisotopic (exact) mass is 736 g/mol. The maximum Gasteiger partial charge on any atom is 0.254 e. The minimum Gasteiger partial charge on any atom is -0.504 e. The number of allylic oxidation sites excluding steroid dienone is 2. The summed E-state index contributed by atoms with van der Waals surface area (Å²) < 4.78 is 5.90. The van der Waals surface area contributed by atoms with Crippen LogP contribution in [0.3, 0.4) is 0 Å². The number of likely N-dealkylation sites (tertiary alicyclic amines) is 1. The number of ether oxygens (including phenoxy) is 1. The van der Waals surface area contributed by atoms with Crippen molar-refractivity contribution in [1.29, 1.82) is 0 Å². The number of carbonyl (C=O) groups excluding carboxylic acids is 4. The Labute approximate surface area is 268 Å². The number of nitrogens with zero attached hydrogens (tertiary/aromatic N) is 2. The molecule has 2 saturated heterocycles. The van der Waals surface area contributed by atoms with E-state index in [1.165, 1.54) is 12.0 Å². The Morgan fingerprint density at radius 3 is 2.40 bits per heavy atom. The first-order chi connectivity index (χ1) is 19.9. The first-order valence-corrected chi connectivity index (χ1v) is 15.8. The minimum atomic E-state index is -2.04. The lowest BCUT2D eigenvalue weighted by molar-refractivity contribution is -0.138. The normalized spacial score (nSPS) is 32.0. The van der Waals surface area contributed by atoms with Crippen molar-refractivity contribution in [1.82, 2.24) is 4.90 Å². The first-order valence-electron chi connectivity index (χ1n) is 13.1. The van der Waals surface area contributed by atoms with Gasteiger partial charge in [0, 0.05) is 16.0 Å². The molecule has 6 rings (SSSR count). The molecule has 2 heterocycles. The number of rotatable bonds is 5. The van der Waals surface area contributed by atoms with Gasteiger partial charge in [-0.15, -0.1) is 23.2 Å². The van der Waals surface area contributed by atoms with E-state index in [9.17, 15) is 24.3 Å². The number of anilines is 1. The highest BCUT2D eigenvalue weighted by Gasteiger charge is 2.76. The molecular formula is C30H24Br2Cl2N2O6. The van der Waals surface area contributed by atoms with Crippen LogP contribution in [0.5, 0.6) is 11.5 Å². The number of hydrogen-bond acceptors (Lipinski definition) is 6. The van der Waals surface area contributed by atoms with Gasteiger partial charge in [0.25, 0.3) is 11.8 Å². The van der Waals surface area contributed by atoms with Crippen molar-refractivity contribution < 1.29 is 29.0 Å². The highest BCUT2D eigenvalue weighted by molar-refractivity contribution is 9.10. The molecule has 0 spiro atoms. The molecule has 3 fully saturated rings. The van der Waals surface area contributed by atoms with Crippen LogP contribution >= 0.6 is 55.1 Å². The molecule has 2 aromatic rings. The molecular weight excluding hydrogens is 715 g/mol. The van der Waals surface area contributed by atoms with Crippen molar-refractivity contribution in [2.24, 2.45) is 17.8 Å². The van der Waals surface area contributed by atoms with Crippen LogP contribution in [0.15, 0.2) is 59.1 Å². The molecule has 2 aromatic carbocycles. The SMILES string of the molecule is C=Cc1ccc(N2C(=O)[C@H]3[C@H](CC=C4[C@H]3C[C@@]3(Cl)C(=O)N(CBr)C(=O)[C@@]3(Cl)[C@H]4c3cc(Br)cc(OC)c3O)C2=O)cc1. The van der Waals surface area contributed by atoms with Gasteiger partial charge in [0.1, 0.15) is 0 Å². The zero-order chi connectivity index (χ0) is 30.3. The molecule has 4 amide bonds. The number of imide groups is 2. The van der Waals surface area contributed by atoms with E-state index in [2.05, 4.69) is 38.4 Å².